The molecule has 0 saturated carbocycles. The molecule has 4 nitrogen and oxygen atoms in total. The van der Waals surface area contributed by atoms with E-state index in [1.54, 1.807) is 0 Å². The summed E-state index contributed by atoms with van der Waals surface area (Å²) in [6, 6.07) is 0.396. The first-order chi connectivity index (χ1) is 6.79. The van der Waals surface area contributed by atoms with E-state index in [1.807, 2.05) is 4.90 Å². The smallest absolute Gasteiger partial charge is 0.253 e. The van der Waals surface area contributed by atoms with E-state index in [2.05, 4.69) is 12.2 Å². The fourth-order valence-corrected chi connectivity index (χ4v) is 2.17. The Morgan fingerprint density at radius 1 is 1.57 bits per heavy atom. The number of hydrogen-bond acceptors (Lipinski definition) is 3. The van der Waals surface area contributed by atoms with Crippen molar-refractivity contribution in [3.05, 3.63) is 0 Å². The van der Waals surface area contributed by atoms with Crippen molar-refractivity contribution in [2.45, 2.75) is 31.9 Å². The first-order valence-electron chi connectivity index (χ1n) is 5.42. The molecule has 2 unspecified atom stereocenters. The van der Waals surface area contributed by atoms with Crippen molar-refractivity contribution in [1.82, 2.24) is 10.2 Å². The van der Waals surface area contributed by atoms with E-state index in [1.165, 1.54) is 0 Å². The van der Waals surface area contributed by atoms with Crippen molar-refractivity contribution in [3.8, 4) is 0 Å². The normalized spacial score (nSPS) is 33.4. The third kappa shape index (κ3) is 1.91. The van der Waals surface area contributed by atoms with Gasteiger partial charge in [0.25, 0.3) is 5.91 Å². The van der Waals surface area contributed by atoms with Gasteiger partial charge in [-0.2, -0.15) is 0 Å². The van der Waals surface area contributed by atoms with E-state index in [9.17, 15) is 4.79 Å². The number of carbonyl (C=O) groups is 1. The molecular formula is C10H18N2O2. The van der Waals surface area contributed by atoms with E-state index in [-0.39, 0.29) is 12.0 Å². The van der Waals surface area contributed by atoms with Crippen molar-refractivity contribution in [1.29, 1.82) is 0 Å². The molecule has 14 heavy (non-hydrogen) atoms. The number of carbonyl (C=O) groups excluding carboxylic acids is 1. The van der Waals surface area contributed by atoms with Crippen LogP contribution in [0.3, 0.4) is 0 Å². The summed E-state index contributed by atoms with van der Waals surface area (Å²) in [5.74, 6) is 0.169. The zero-order valence-electron chi connectivity index (χ0n) is 8.66. The number of nitrogens with one attached hydrogen (secondary N) is 1. The largest absolute Gasteiger partial charge is 0.366 e. The maximum atomic E-state index is 12.0. The molecule has 0 radical (unpaired) electrons. The Kier molecular flexibility index (Phi) is 3.03. The van der Waals surface area contributed by atoms with E-state index in [0.29, 0.717) is 19.2 Å². The number of amides is 1. The molecule has 0 spiro atoms. The Balaban J connectivity index is 1.92. The lowest BCUT2D eigenvalue weighted by molar-refractivity contribution is -0.145. The number of hydrogen-bond donors (Lipinski definition) is 1. The van der Waals surface area contributed by atoms with Gasteiger partial charge in [-0.15, -0.1) is 0 Å². The van der Waals surface area contributed by atoms with Crippen molar-refractivity contribution < 1.29 is 9.53 Å². The maximum Gasteiger partial charge on any atom is 0.253 e. The Bertz CT molecular complexity index is 214. The van der Waals surface area contributed by atoms with Crippen molar-refractivity contribution in [3.63, 3.8) is 0 Å². The standard InChI is InChI=1S/C10H18N2O2/c1-8-3-2-5-12(8)10(13)9-7-11-4-6-14-9/h8-9,11H,2-7H2,1H3. The van der Waals surface area contributed by atoms with Gasteiger partial charge < -0.3 is 15.0 Å². The van der Waals surface area contributed by atoms with Gasteiger partial charge >= 0.3 is 0 Å². The molecule has 1 N–H and O–H groups in total. The Labute approximate surface area is 84.6 Å². The van der Waals surface area contributed by atoms with Crippen LogP contribution in [-0.2, 0) is 9.53 Å². The Morgan fingerprint density at radius 3 is 3.00 bits per heavy atom. The van der Waals surface area contributed by atoms with Gasteiger partial charge in [0.05, 0.1) is 6.61 Å². The minimum atomic E-state index is -0.246. The van der Waals surface area contributed by atoms with Crippen LogP contribution in [0.2, 0.25) is 0 Å². The third-order valence-corrected chi connectivity index (χ3v) is 3.04. The van der Waals surface area contributed by atoms with Crippen molar-refractivity contribution >= 4 is 5.91 Å². The summed E-state index contributed by atoms with van der Waals surface area (Å²) in [4.78, 5) is 13.9. The van der Waals surface area contributed by atoms with Gasteiger partial charge in [-0.1, -0.05) is 0 Å². The number of rotatable bonds is 1. The van der Waals surface area contributed by atoms with Crippen LogP contribution in [0.15, 0.2) is 0 Å². The van der Waals surface area contributed by atoms with Crippen LogP contribution in [0, 0.1) is 0 Å². The Morgan fingerprint density at radius 2 is 2.43 bits per heavy atom. The van der Waals surface area contributed by atoms with Gasteiger partial charge in [-0.25, -0.2) is 0 Å². The molecule has 1 amide bonds. The van der Waals surface area contributed by atoms with Crippen LogP contribution in [0.1, 0.15) is 19.8 Å². The number of morpholine rings is 1. The highest BCUT2D eigenvalue weighted by molar-refractivity contribution is 5.81. The highest BCUT2D eigenvalue weighted by Gasteiger charge is 2.31. The van der Waals surface area contributed by atoms with E-state index in [0.717, 1.165) is 25.9 Å². The molecule has 4 heteroatoms. The average molecular weight is 198 g/mol. The predicted octanol–water partition coefficient (Wildman–Crippen LogP) is -0.0143. The molecule has 0 aliphatic carbocycles. The number of ether oxygens (including phenoxy) is 1. The monoisotopic (exact) mass is 198 g/mol. The first-order valence-corrected chi connectivity index (χ1v) is 5.42. The quantitative estimate of drug-likeness (QED) is 0.644. The second kappa shape index (κ2) is 4.28. The van der Waals surface area contributed by atoms with Crippen LogP contribution < -0.4 is 5.32 Å². The van der Waals surface area contributed by atoms with Crippen molar-refractivity contribution in [2.24, 2.45) is 0 Å². The zero-order chi connectivity index (χ0) is 9.97. The summed E-state index contributed by atoms with van der Waals surface area (Å²) >= 11 is 0. The van der Waals surface area contributed by atoms with Gasteiger partial charge in [0.1, 0.15) is 6.10 Å². The fraction of sp³-hybridized carbons (Fsp3) is 0.900. The van der Waals surface area contributed by atoms with Crippen molar-refractivity contribution in [2.75, 3.05) is 26.2 Å². The molecule has 2 aliphatic rings. The summed E-state index contributed by atoms with van der Waals surface area (Å²) in [5.41, 5.74) is 0. The minimum absolute atomic E-state index is 0.169. The highest BCUT2D eigenvalue weighted by Crippen LogP contribution is 2.18. The first kappa shape index (κ1) is 9.93. The van der Waals surface area contributed by atoms with E-state index < -0.39 is 0 Å². The predicted molar refractivity (Wildman–Crippen MR) is 53.0 cm³/mol. The average Bonchev–Trinajstić information content (AvgIpc) is 2.65. The lowest BCUT2D eigenvalue weighted by atomic mass is 10.2. The topological polar surface area (TPSA) is 41.6 Å². The molecule has 2 fully saturated rings. The zero-order valence-corrected chi connectivity index (χ0v) is 8.66. The molecule has 0 aromatic rings. The summed E-state index contributed by atoms with van der Waals surface area (Å²) in [6.07, 6.45) is 2.02. The summed E-state index contributed by atoms with van der Waals surface area (Å²) in [7, 11) is 0. The van der Waals surface area contributed by atoms with Crippen LogP contribution >= 0.6 is 0 Å². The second-order valence-electron chi connectivity index (χ2n) is 4.09. The Hall–Kier alpha value is -0.610. The minimum Gasteiger partial charge on any atom is -0.366 e. The van der Waals surface area contributed by atoms with Gasteiger partial charge in [0, 0.05) is 25.7 Å². The van der Waals surface area contributed by atoms with E-state index in [4.69, 9.17) is 4.74 Å². The van der Waals surface area contributed by atoms with Gasteiger partial charge in [-0.3, -0.25) is 4.79 Å². The summed E-state index contributed by atoms with van der Waals surface area (Å²) < 4.78 is 5.45. The number of nitrogens with zero attached hydrogens (tertiary/aromatic N) is 1. The molecule has 0 aromatic heterocycles. The van der Waals surface area contributed by atoms with Gasteiger partial charge in [-0.05, 0) is 19.8 Å². The highest BCUT2D eigenvalue weighted by atomic mass is 16.5. The molecule has 0 bridgehead atoms. The molecule has 0 aromatic carbocycles. The molecular weight excluding hydrogens is 180 g/mol. The SMILES string of the molecule is CC1CCCN1C(=O)C1CNCCO1. The molecule has 80 valence electrons. The maximum absolute atomic E-state index is 12.0. The van der Waals surface area contributed by atoms with Gasteiger partial charge in [0.15, 0.2) is 0 Å². The molecule has 2 saturated heterocycles. The molecule has 2 aliphatic heterocycles. The van der Waals surface area contributed by atoms with Crippen LogP contribution in [-0.4, -0.2) is 49.2 Å². The lowest BCUT2D eigenvalue weighted by Gasteiger charge is -2.29. The van der Waals surface area contributed by atoms with Gasteiger partial charge in [0.2, 0.25) is 0 Å². The third-order valence-electron chi connectivity index (χ3n) is 3.04. The molecule has 2 heterocycles. The lowest BCUT2D eigenvalue weighted by Crippen LogP contribution is -2.50. The molecule has 2 atom stereocenters. The van der Waals surface area contributed by atoms with Crippen LogP contribution in [0.5, 0.6) is 0 Å². The van der Waals surface area contributed by atoms with E-state index >= 15 is 0 Å². The molecule has 2 rings (SSSR count). The number of likely N-dealkylation sites (tertiary alicyclic amines) is 1. The van der Waals surface area contributed by atoms with Crippen LogP contribution in [0.4, 0.5) is 0 Å². The summed E-state index contributed by atoms with van der Waals surface area (Å²) in [5, 5.41) is 3.18. The second-order valence-corrected chi connectivity index (χ2v) is 4.09. The fourth-order valence-electron chi connectivity index (χ4n) is 2.17. The summed E-state index contributed by atoms with van der Waals surface area (Å²) in [6.45, 7) is 5.20. The van der Waals surface area contributed by atoms with Crippen LogP contribution in [0.25, 0.3) is 0 Å².